The Hall–Kier alpha value is -1.65. The van der Waals surface area contributed by atoms with Crippen LogP contribution in [0.3, 0.4) is 0 Å². The maximum atomic E-state index is 13.3. The maximum absolute atomic E-state index is 13.3. The first-order valence-corrected chi connectivity index (χ1v) is 9.85. The topological polar surface area (TPSA) is 76.2 Å². The van der Waals surface area contributed by atoms with Gasteiger partial charge in [0.25, 0.3) is 0 Å². The minimum Gasteiger partial charge on any atom is -0.466 e. The molecule has 2 rings (SSSR count). The van der Waals surface area contributed by atoms with E-state index in [0.717, 1.165) is 10.4 Å². The third-order valence-electron chi connectivity index (χ3n) is 4.17. The number of hydrogen-bond acceptors (Lipinski definition) is 5. The van der Waals surface area contributed by atoms with E-state index in [-0.39, 0.29) is 31.2 Å². The number of ether oxygens (including phenoxy) is 2. The van der Waals surface area contributed by atoms with Crippen LogP contribution in [0, 0.1) is 0 Å². The van der Waals surface area contributed by atoms with Gasteiger partial charge in [0.15, 0.2) is 0 Å². The molecule has 1 saturated heterocycles. The summed E-state index contributed by atoms with van der Waals surface area (Å²) in [6, 6.07) is 2.66. The van der Waals surface area contributed by atoms with Gasteiger partial charge in [0.2, 0.25) is 10.0 Å². The first-order valence-electron chi connectivity index (χ1n) is 8.41. The Bertz CT molecular complexity index is 790. The zero-order valence-electron chi connectivity index (χ0n) is 15.2. The van der Waals surface area contributed by atoms with Crippen LogP contribution < -0.4 is 0 Å². The van der Waals surface area contributed by atoms with Crippen LogP contribution in [0.4, 0.5) is 13.2 Å². The monoisotopic (exact) mass is 409 g/mol. The number of likely N-dealkylation sites (N-methyl/N-ethyl adjacent to an activating group) is 1. The van der Waals surface area contributed by atoms with Crippen LogP contribution in [-0.4, -0.2) is 51.6 Å². The molecule has 152 valence electrons. The Kier molecular flexibility index (Phi) is 6.54. The van der Waals surface area contributed by atoms with Crippen LogP contribution in [0.1, 0.15) is 37.3 Å². The Balaban J connectivity index is 2.40. The van der Waals surface area contributed by atoms with Gasteiger partial charge in [-0.25, -0.2) is 8.42 Å². The van der Waals surface area contributed by atoms with Crippen molar-refractivity contribution < 1.29 is 35.9 Å². The molecule has 1 aliphatic heterocycles. The van der Waals surface area contributed by atoms with E-state index in [4.69, 9.17) is 9.47 Å². The summed E-state index contributed by atoms with van der Waals surface area (Å²) in [6.45, 7) is 3.81. The molecule has 6 nitrogen and oxygen atoms in total. The minimum atomic E-state index is -4.72. The lowest BCUT2D eigenvalue weighted by Gasteiger charge is -2.20. The molecule has 1 fully saturated rings. The average Bonchev–Trinajstić information content (AvgIpc) is 3.37. The molecule has 0 aromatic heterocycles. The maximum Gasteiger partial charge on any atom is 0.416 e. The van der Waals surface area contributed by atoms with Crippen molar-refractivity contribution in [3.63, 3.8) is 0 Å². The average molecular weight is 409 g/mol. The number of hydrogen-bond donors (Lipinski definition) is 0. The van der Waals surface area contributed by atoms with Crippen LogP contribution >= 0.6 is 0 Å². The highest BCUT2D eigenvalue weighted by Crippen LogP contribution is 2.35. The highest BCUT2D eigenvalue weighted by atomic mass is 32.2. The Morgan fingerprint density at radius 2 is 2.00 bits per heavy atom. The van der Waals surface area contributed by atoms with Gasteiger partial charge >= 0.3 is 12.1 Å². The molecular weight excluding hydrogens is 387 g/mol. The summed E-state index contributed by atoms with van der Waals surface area (Å²) in [6.07, 6.45) is -5.11. The summed E-state index contributed by atoms with van der Waals surface area (Å²) < 4.78 is 76.0. The van der Waals surface area contributed by atoms with Gasteiger partial charge in [0, 0.05) is 13.6 Å². The minimum absolute atomic E-state index is 0.0618. The molecule has 0 N–H and O–H groups in total. The molecule has 2 atom stereocenters. The first kappa shape index (κ1) is 21.6. The number of sulfonamides is 1. The molecule has 0 aliphatic carbocycles. The van der Waals surface area contributed by atoms with Crippen molar-refractivity contribution in [3.8, 4) is 0 Å². The van der Waals surface area contributed by atoms with Crippen molar-refractivity contribution in [2.24, 2.45) is 0 Å². The second-order valence-corrected chi connectivity index (χ2v) is 8.48. The van der Waals surface area contributed by atoms with E-state index >= 15 is 0 Å². The Morgan fingerprint density at radius 1 is 1.37 bits per heavy atom. The van der Waals surface area contributed by atoms with Crippen molar-refractivity contribution in [3.05, 3.63) is 29.3 Å². The third kappa shape index (κ3) is 5.66. The smallest absolute Gasteiger partial charge is 0.416 e. The van der Waals surface area contributed by atoms with Gasteiger partial charge in [0.1, 0.15) is 0 Å². The van der Waals surface area contributed by atoms with Crippen LogP contribution in [0.25, 0.3) is 0 Å². The number of halogens is 3. The Morgan fingerprint density at radius 3 is 2.52 bits per heavy atom. The molecule has 0 spiro atoms. The van der Waals surface area contributed by atoms with Gasteiger partial charge in [0.05, 0.1) is 36.2 Å². The summed E-state index contributed by atoms with van der Waals surface area (Å²) in [5.41, 5.74) is -0.974. The molecule has 10 heteroatoms. The van der Waals surface area contributed by atoms with Gasteiger partial charge in [-0.1, -0.05) is 6.92 Å². The fourth-order valence-electron chi connectivity index (χ4n) is 2.55. The van der Waals surface area contributed by atoms with Gasteiger partial charge in [-0.05, 0) is 36.6 Å². The number of rotatable bonds is 8. The van der Waals surface area contributed by atoms with E-state index in [2.05, 4.69) is 0 Å². The molecule has 0 bridgehead atoms. The van der Waals surface area contributed by atoms with Crippen LogP contribution in [-0.2, 0) is 30.5 Å². The van der Waals surface area contributed by atoms with E-state index in [0.29, 0.717) is 12.7 Å². The lowest BCUT2D eigenvalue weighted by atomic mass is 9.96. The summed E-state index contributed by atoms with van der Waals surface area (Å²) in [4.78, 5) is 11.2. The predicted octanol–water partition coefficient (Wildman–Crippen LogP) is 2.78. The van der Waals surface area contributed by atoms with Crippen molar-refractivity contribution >= 4 is 16.0 Å². The lowest BCUT2D eigenvalue weighted by molar-refractivity contribution is -0.143. The van der Waals surface area contributed by atoms with E-state index in [1.165, 1.54) is 13.1 Å². The van der Waals surface area contributed by atoms with Gasteiger partial charge < -0.3 is 9.47 Å². The number of alkyl halides is 3. The Labute approximate surface area is 156 Å². The SMILES string of the molecule is CCOC(=O)CC(C)c1cc(C(F)(F)F)cc(S(=O)(=O)N(C)C[C@H]2CO2)c1. The zero-order valence-corrected chi connectivity index (χ0v) is 16.1. The molecule has 0 amide bonds. The normalized spacial score (nSPS) is 18.4. The second kappa shape index (κ2) is 8.15. The number of nitrogens with zero attached hydrogens (tertiary/aromatic N) is 1. The van der Waals surface area contributed by atoms with Crippen molar-refractivity contribution in [2.75, 3.05) is 26.8 Å². The lowest BCUT2D eigenvalue weighted by Crippen LogP contribution is -2.31. The highest BCUT2D eigenvalue weighted by Gasteiger charge is 2.35. The third-order valence-corrected chi connectivity index (χ3v) is 5.98. The molecule has 1 aromatic carbocycles. The zero-order chi connectivity index (χ0) is 20.4. The van der Waals surface area contributed by atoms with Gasteiger partial charge in [-0.3, -0.25) is 4.79 Å². The number of carbonyl (C=O) groups excluding carboxylic acids is 1. The van der Waals surface area contributed by atoms with Crippen LogP contribution in [0.15, 0.2) is 23.1 Å². The fraction of sp³-hybridized carbons (Fsp3) is 0.588. The molecule has 0 saturated carbocycles. The summed E-state index contributed by atoms with van der Waals surface area (Å²) in [7, 11) is -2.84. The number of epoxide rings is 1. The predicted molar refractivity (Wildman–Crippen MR) is 90.7 cm³/mol. The standard InChI is InChI=1S/C17H22F3NO5S/c1-4-25-16(22)5-11(2)12-6-13(17(18,19)20)8-15(7-12)27(23,24)21(3)9-14-10-26-14/h6-8,11,14H,4-5,9-10H2,1-3H3/t11?,14-/m0/s1. The van der Waals surface area contributed by atoms with E-state index in [9.17, 15) is 26.4 Å². The number of esters is 1. The fourth-order valence-corrected chi connectivity index (χ4v) is 3.83. The van der Waals surface area contributed by atoms with Crippen molar-refractivity contribution in [1.82, 2.24) is 4.31 Å². The van der Waals surface area contributed by atoms with Crippen molar-refractivity contribution in [2.45, 2.75) is 43.4 Å². The van der Waals surface area contributed by atoms with Crippen LogP contribution in [0.5, 0.6) is 0 Å². The molecule has 1 aliphatic rings. The van der Waals surface area contributed by atoms with Crippen molar-refractivity contribution in [1.29, 1.82) is 0 Å². The van der Waals surface area contributed by atoms with Gasteiger partial charge in [-0.15, -0.1) is 0 Å². The van der Waals surface area contributed by atoms with Crippen LogP contribution in [0.2, 0.25) is 0 Å². The van der Waals surface area contributed by atoms with E-state index in [1.807, 2.05) is 0 Å². The molecule has 0 radical (unpaired) electrons. The quantitative estimate of drug-likeness (QED) is 0.488. The molecule has 1 aromatic rings. The number of carbonyl (C=O) groups is 1. The second-order valence-electron chi connectivity index (χ2n) is 6.44. The molecular formula is C17H22F3NO5S. The summed E-state index contributed by atoms with van der Waals surface area (Å²) in [5, 5.41) is 0. The number of benzene rings is 1. The largest absolute Gasteiger partial charge is 0.466 e. The first-order chi connectivity index (χ1) is 12.4. The highest BCUT2D eigenvalue weighted by molar-refractivity contribution is 7.89. The van der Waals surface area contributed by atoms with E-state index < -0.39 is 38.5 Å². The summed E-state index contributed by atoms with van der Waals surface area (Å²) in [5.74, 6) is -1.20. The van der Waals surface area contributed by atoms with Gasteiger partial charge in [-0.2, -0.15) is 17.5 Å². The summed E-state index contributed by atoms with van der Waals surface area (Å²) >= 11 is 0. The van der Waals surface area contributed by atoms with E-state index in [1.54, 1.807) is 13.8 Å². The molecule has 27 heavy (non-hydrogen) atoms. The molecule has 1 heterocycles. The molecule has 1 unspecified atom stereocenters.